The molecule has 100 valence electrons. The second-order valence-electron chi connectivity index (χ2n) is 4.80. The van der Waals surface area contributed by atoms with Crippen LogP contribution in [-0.4, -0.2) is 37.7 Å². The molecule has 4 heteroatoms. The SMILES string of the molecule is CCC(C)NC(=O)CCNCCC1CCCO1. The highest BCUT2D eigenvalue weighted by Crippen LogP contribution is 2.14. The molecule has 0 radical (unpaired) electrons. The quantitative estimate of drug-likeness (QED) is 0.633. The molecule has 2 unspecified atom stereocenters. The Morgan fingerprint density at radius 3 is 2.94 bits per heavy atom. The molecule has 0 aromatic carbocycles. The van der Waals surface area contributed by atoms with Crippen molar-refractivity contribution in [1.82, 2.24) is 10.6 Å². The van der Waals surface area contributed by atoms with Crippen molar-refractivity contribution < 1.29 is 9.53 Å². The smallest absolute Gasteiger partial charge is 0.221 e. The highest BCUT2D eigenvalue weighted by Gasteiger charge is 2.14. The number of nitrogens with one attached hydrogen (secondary N) is 2. The second-order valence-corrected chi connectivity index (χ2v) is 4.80. The van der Waals surface area contributed by atoms with Crippen LogP contribution in [0.25, 0.3) is 0 Å². The van der Waals surface area contributed by atoms with Crippen molar-refractivity contribution >= 4 is 5.91 Å². The summed E-state index contributed by atoms with van der Waals surface area (Å²) in [5.41, 5.74) is 0. The summed E-state index contributed by atoms with van der Waals surface area (Å²) < 4.78 is 5.53. The molecule has 1 saturated heterocycles. The van der Waals surface area contributed by atoms with Crippen LogP contribution in [0.2, 0.25) is 0 Å². The lowest BCUT2D eigenvalue weighted by Gasteiger charge is -2.12. The van der Waals surface area contributed by atoms with E-state index in [1.165, 1.54) is 12.8 Å². The Labute approximate surface area is 104 Å². The number of carbonyl (C=O) groups excluding carboxylic acids is 1. The van der Waals surface area contributed by atoms with E-state index in [0.29, 0.717) is 12.5 Å². The minimum absolute atomic E-state index is 0.143. The molecule has 1 amide bonds. The van der Waals surface area contributed by atoms with Crippen molar-refractivity contribution in [3.05, 3.63) is 0 Å². The average Bonchev–Trinajstić information content (AvgIpc) is 2.81. The predicted octanol–water partition coefficient (Wildman–Crippen LogP) is 1.45. The molecule has 1 aliphatic rings. The first-order valence-electron chi connectivity index (χ1n) is 6.84. The largest absolute Gasteiger partial charge is 0.378 e. The van der Waals surface area contributed by atoms with Gasteiger partial charge in [-0.1, -0.05) is 6.92 Å². The van der Waals surface area contributed by atoms with Crippen LogP contribution in [0, 0.1) is 0 Å². The third-order valence-electron chi connectivity index (χ3n) is 3.22. The van der Waals surface area contributed by atoms with E-state index in [-0.39, 0.29) is 11.9 Å². The van der Waals surface area contributed by atoms with Gasteiger partial charge in [-0.3, -0.25) is 4.79 Å². The van der Waals surface area contributed by atoms with Gasteiger partial charge in [0.1, 0.15) is 0 Å². The van der Waals surface area contributed by atoms with Crippen molar-refractivity contribution in [2.75, 3.05) is 19.7 Å². The molecule has 0 spiro atoms. The first-order valence-corrected chi connectivity index (χ1v) is 6.84. The first-order chi connectivity index (χ1) is 8.22. The number of hydrogen-bond acceptors (Lipinski definition) is 3. The van der Waals surface area contributed by atoms with Crippen molar-refractivity contribution in [2.24, 2.45) is 0 Å². The van der Waals surface area contributed by atoms with Crippen LogP contribution in [0.5, 0.6) is 0 Å². The Kier molecular flexibility index (Phi) is 7.21. The lowest BCUT2D eigenvalue weighted by molar-refractivity contribution is -0.121. The second kappa shape index (κ2) is 8.48. The maximum Gasteiger partial charge on any atom is 0.221 e. The molecule has 1 heterocycles. The zero-order valence-electron chi connectivity index (χ0n) is 11.1. The Hall–Kier alpha value is -0.610. The van der Waals surface area contributed by atoms with Gasteiger partial charge in [0.15, 0.2) is 0 Å². The van der Waals surface area contributed by atoms with E-state index in [9.17, 15) is 4.79 Å². The molecular formula is C13H26N2O2. The molecule has 0 saturated carbocycles. The highest BCUT2D eigenvalue weighted by atomic mass is 16.5. The van der Waals surface area contributed by atoms with Gasteiger partial charge in [0.2, 0.25) is 5.91 Å². The molecule has 17 heavy (non-hydrogen) atoms. The van der Waals surface area contributed by atoms with Crippen molar-refractivity contribution in [3.63, 3.8) is 0 Å². The van der Waals surface area contributed by atoms with Gasteiger partial charge in [0, 0.05) is 25.6 Å². The predicted molar refractivity (Wildman–Crippen MR) is 69.0 cm³/mol. The molecule has 1 aliphatic heterocycles. The Balaban J connectivity index is 1.90. The summed E-state index contributed by atoms with van der Waals surface area (Å²) in [4.78, 5) is 11.5. The molecule has 0 aliphatic carbocycles. The van der Waals surface area contributed by atoms with Gasteiger partial charge in [-0.15, -0.1) is 0 Å². The molecule has 1 fully saturated rings. The number of carbonyl (C=O) groups is 1. The number of rotatable bonds is 8. The average molecular weight is 242 g/mol. The van der Waals surface area contributed by atoms with E-state index in [0.717, 1.165) is 32.5 Å². The lowest BCUT2D eigenvalue weighted by Crippen LogP contribution is -2.34. The van der Waals surface area contributed by atoms with Gasteiger partial charge in [0.05, 0.1) is 6.10 Å². The highest BCUT2D eigenvalue weighted by molar-refractivity contribution is 5.76. The minimum Gasteiger partial charge on any atom is -0.378 e. The van der Waals surface area contributed by atoms with E-state index >= 15 is 0 Å². The summed E-state index contributed by atoms with van der Waals surface area (Å²) >= 11 is 0. The van der Waals surface area contributed by atoms with E-state index in [1.807, 2.05) is 6.92 Å². The maximum atomic E-state index is 11.5. The molecule has 0 aromatic rings. The lowest BCUT2D eigenvalue weighted by atomic mass is 10.2. The van der Waals surface area contributed by atoms with Crippen LogP contribution >= 0.6 is 0 Å². The summed E-state index contributed by atoms with van der Waals surface area (Å²) in [6, 6.07) is 0.286. The molecule has 0 aromatic heterocycles. The summed E-state index contributed by atoms with van der Waals surface area (Å²) in [6.07, 6.45) is 5.44. The van der Waals surface area contributed by atoms with Crippen molar-refractivity contribution in [3.8, 4) is 0 Å². The van der Waals surface area contributed by atoms with Gasteiger partial charge < -0.3 is 15.4 Å². The van der Waals surface area contributed by atoms with E-state index in [4.69, 9.17) is 4.74 Å². The van der Waals surface area contributed by atoms with Gasteiger partial charge in [-0.05, 0) is 39.2 Å². The topological polar surface area (TPSA) is 50.4 Å². The van der Waals surface area contributed by atoms with Crippen LogP contribution in [0.15, 0.2) is 0 Å². The fourth-order valence-electron chi connectivity index (χ4n) is 1.91. The van der Waals surface area contributed by atoms with Crippen LogP contribution in [0.3, 0.4) is 0 Å². The van der Waals surface area contributed by atoms with Crippen LogP contribution in [-0.2, 0) is 9.53 Å². The van der Waals surface area contributed by atoms with Crippen molar-refractivity contribution in [2.45, 2.75) is 58.1 Å². The maximum absolute atomic E-state index is 11.5. The van der Waals surface area contributed by atoms with Gasteiger partial charge >= 0.3 is 0 Å². The molecule has 0 bridgehead atoms. The minimum atomic E-state index is 0.143. The molecular weight excluding hydrogens is 216 g/mol. The van der Waals surface area contributed by atoms with Gasteiger partial charge in [-0.25, -0.2) is 0 Å². The summed E-state index contributed by atoms with van der Waals surface area (Å²) in [5, 5.41) is 6.25. The van der Waals surface area contributed by atoms with E-state index in [2.05, 4.69) is 17.6 Å². The summed E-state index contributed by atoms with van der Waals surface area (Å²) in [5.74, 6) is 0.143. The Morgan fingerprint density at radius 1 is 1.47 bits per heavy atom. The first kappa shape index (κ1) is 14.5. The third-order valence-corrected chi connectivity index (χ3v) is 3.22. The van der Waals surface area contributed by atoms with Crippen molar-refractivity contribution in [1.29, 1.82) is 0 Å². The van der Waals surface area contributed by atoms with Crippen LogP contribution in [0.1, 0.15) is 46.0 Å². The zero-order chi connectivity index (χ0) is 12.5. The Morgan fingerprint density at radius 2 is 2.29 bits per heavy atom. The van der Waals surface area contributed by atoms with Gasteiger partial charge in [-0.2, -0.15) is 0 Å². The Bertz CT molecular complexity index is 215. The molecule has 2 atom stereocenters. The number of amides is 1. The van der Waals surface area contributed by atoms with E-state index < -0.39 is 0 Å². The fraction of sp³-hybridized carbons (Fsp3) is 0.923. The monoisotopic (exact) mass is 242 g/mol. The number of ether oxygens (including phenoxy) is 1. The van der Waals surface area contributed by atoms with E-state index in [1.54, 1.807) is 0 Å². The third kappa shape index (κ3) is 6.64. The zero-order valence-corrected chi connectivity index (χ0v) is 11.1. The summed E-state index contributed by atoms with van der Waals surface area (Å²) in [7, 11) is 0. The normalized spacial score (nSPS) is 21.4. The molecule has 2 N–H and O–H groups in total. The number of hydrogen-bond donors (Lipinski definition) is 2. The van der Waals surface area contributed by atoms with Crippen LogP contribution in [0.4, 0.5) is 0 Å². The standard InChI is InChI=1S/C13H26N2O2/c1-3-11(2)15-13(16)7-9-14-8-6-12-5-4-10-17-12/h11-12,14H,3-10H2,1-2H3,(H,15,16). The summed E-state index contributed by atoms with van der Waals surface area (Å²) in [6.45, 7) is 6.73. The fourth-order valence-corrected chi connectivity index (χ4v) is 1.91. The van der Waals surface area contributed by atoms with Crippen LogP contribution < -0.4 is 10.6 Å². The molecule has 4 nitrogen and oxygen atoms in total. The molecule has 1 rings (SSSR count). The van der Waals surface area contributed by atoms with Gasteiger partial charge in [0.25, 0.3) is 0 Å².